The SMILES string of the molecule is CCOC(=O)C(Cc1cccc(OCC=CC#Cc2ccccc2)c1)OCC. The second-order valence-corrected chi connectivity index (χ2v) is 5.90. The molecule has 0 radical (unpaired) electrons. The summed E-state index contributed by atoms with van der Waals surface area (Å²) < 4.78 is 16.3. The van der Waals surface area contributed by atoms with Gasteiger partial charge in [-0.3, -0.25) is 0 Å². The lowest BCUT2D eigenvalue weighted by molar-refractivity contribution is -0.156. The van der Waals surface area contributed by atoms with Crippen LogP contribution in [-0.2, 0) is 20.7 Å². The van der Waals surface area contributed by atoms with Gasteiger partial charge in [0.15, 0.2) is 6.10 Å². The van der Waals surface area contributed by atoms with E-state index in [9.17, 15) is 4.79 Å². The molecule has 2 rings (SSSR count). The molecule has 4 nitrogen and oxygen atoms in total. The van der Waals surface area contributed by atoms with E-state index in [0.717, 1.165) is 16.9 Å². The van der Waals surface area contributed by atoms with E-state index < -0.39 is 6.10 Å². The number of allylic oxidation sites excluding steroid dienone is 1. The van der Waals surface area contributed by atoms with Crippen molar-refractivity contribution in [2.24, 2.45) is 0 Å². The minimum atomic E-state index is -0.603. The second kappa shape index (κ2) is 12.4. The zero-order valence-corrected chi connectivity index (χ0v) is 16.4. The van der Waals surface area contributed by atoms with Crippen LogP contribution in [0.2, 0.25) is 0 Å². The van der Waals surface area contributed by atoms with Crippen LogP contribution < -0.4 is 4.74 Å². The van der Waals surface area contributed by atoms with E-state index in [-0.39, 0.29) is 5.97 Å². The molecule has 2 aromatic rings. The predicted octanol–water partition coefficient (Wildman–Crippen LogP) is 4.18. The van der Waals surface area contributed by atoms with Gasteiger partial charge in [0.2, 0.25) is 0 Å². The fourth-order valence-corrected chi connectivity index (χ4v) is 2.52. The number of rotatable bonds is 9. The summed E-state index contributed by atoms with van der Waals surface area (Å²) in [6.45, 7) is 4.85. The Morgan fingerprint density at radius 2 is 1.89 bits per heavy atom. The monoisotopic (exact) mass is 378 g/mol. The summed E-state index contributed by atoms with van der Waals surface area (Å²) in [5.74, 6) is 6.44. The molecule has 0 saturated heterocycles. The Kier molecular flexibility index (Phi) is 9.40. The third kappa shape index (κ3) is 7.69. The maximum Gasteiger partial charge on any atom is 0.335 e. The summed E-state index contributed by atoms with van der Waals surface area (Å²) in [6, 6.07) is 17.5. The van der Waals surface area contributed by atoms with Gasteiger partial charge in [-0.25, -0.2) is 4.79 Å². The highest BCUT2D eigenvalue weighted by Crippen LogP contribution is 2.16. The van der Waals surface area contributed by atoms with Crippen molar-refractivity contribution in [3.8, 4) is 17.6 Å². The van der Waals surface area contributed by atoms with Crippen LogP contribution in [0, 0.1) is 11.8 Å². The van der Waals surface area contributed by atoms with Crippen molar-refractivity contribution in [1.82, 2.24) is 0 Å². The summed E-state index contributed by atoms with van der Waals surface area (Å²) in [4.78, 5) is 12.0. The van der Waals surface area contributed by atoms with E-state index in [1.807, 2.05) is 67.6 Å². The van der Waals surface area contributed by atoms with Crippen LogP contribution in [0.5, 0.6) is 5.75 Å². The van der Waals surface area contributed by atoms with Crippen molar-refractivity contribution < 1.29 is 19.0 Å². The Morgan fingerprint density at radius 3 is 2.64 bits per heavy atom. The number of esters is 1. The van der Waals surface area contributed by atoms with Crippen LogP contribution in [0.4, 0.5) is 0 Å². The van der Waals surface area contributed by atoms with Crippen LogP contribution in [-0.4, -0.2) is 31.9 Å². The van der Waals surface area contributed by atoms with Crippen LogP contribution in [0.3, 0.4) is 0 Å². The number of hydrogen-bond acceptors (Lipinski definition) is 4. The molecule has 0 heterocycles. The lowest BCUT2D eigenvalue weighted by atomic mass is 10.1. The summed E-state index contributed by atoms with van der Waals surface area (Å²) in [7, 11) is 0. The number of benzene rings is 2. The molecule has 0 bridgehead atoms. The van der Waals surface area contributed by atoms with Gasteiger partial charge in [-0.05, 0) is 55.8 Å². The molecule has 0 aromatic heterocycles. The predicted molar refractivity (Wildman–Crippen MR) is 110 cm³/mol. The molecule has 0 amide bonds. The second-order valence-electron chi connectivity index (χ2n) is 5.90. The average Bonchev–Trinajstić information content (AvgIpc) is 2.71. The van der Waals surface area contributed by atoms with Crippen molar-refractivity contribution in [2.75, 3.05) is 19.8 Å². The van der Waals surface area contributed by atoms with Crippen LogP contribution in [0.1, 0.15) is 25.0 Å². The quantitative estimate of drug-likeness (QED) is 0.485. The van der Waals surface area contributed by atoms with Crippen LogP contribution >= 0.6 is 0 Å². The molecule has 28 heavy (non-hydrogen) atoms. The maximum absolute atomic E-state index is 12.0. The van der Waals surface area contributed by atoms with Crippen molar-refractivity contribution in [3.05, 3.63) is 77.9 Å². The van der Waals surface area contributed by atoms with Gasteiger partial charge < -0.3 is 14.2 Å². The molecule has 4 heteroatoms. The van der Waals surface area contributed by atoms with Crippen molar-refractivity contribution in [1.29, 1.82) is 0 Å². The average molecular weight is 378 g/mol. The van der Waals surface area contributed by atoms with Gasteiger partial charge in [-0.1, -0.05) is 42.2 Å². The first kappa shape index (κ1) is 21.3. The van der Waals surface area contributed by atoms with E-state index in [0.29, 0.717) is 26.2 Å². The van der Waals surface area contributed by atoms with Gasteiger partial charge in [0, 0.05) is 18.6 Å². The van der Waals surface area contributed by atoms with E-state index in [1.165, 1.54) is 0 Å². The summed E-state index contributed by atoms with van der Waals surface area (Å²) >= 11 is 0. The first-order valence-electron chi connectivity index (χ1n) is 9.44. The summed E-state index contributed by atoms with van der Waals surface area (Å²) in [5.41, 5.74) is 1.93. The normalized spacial score (nSPS) is 11.5. The fraction of sp³-hybridized carbons (Fsp3) is 0.292. The molecule has 0 spiro atoms. The van der Waals surface area contributed by atoms with E-state index >= 15 is 0 Å². The van der Waals surface area contributed by atoms with Gasteiger partial charge >= 0.3 is 5.97 Å². The largest absolute Gasteiger partial charge is 0.490 e. The minimum Gasteiger partial charge on any atom is -0.490 e. The van der Waals surface area contributed by atoms with Crippen molar-refractivity contribution in [2.45, 2.75) is 26.4 Å². The van der Waals surface area contributed by atoms with Gasteiger partial charge in [0.05, 0.1) is 6.61 Å². The fourth-order valence-electron chi connectivity index (χ4n) is 2.52. The Morgan fingerprint density at radius 1 is 1.07 bits per heavy atom. The molecule has 1 atom stereocenters. The highest BCUT2D eigenvalue weighted by Gasteiger charge is 2.20. The van der Waals surface area contributed by atoms with Crippen molar-refractivity contribution >= 4 is 5.97 Å². The molecule has 2 aromatic carbocycles. The standard InChI is InChI=1S/C24H26O4/c1-3-26-23(24(25)27-4-2)19-21-15-11-16-22(18-21)28-17-10-6-9-14-20-12-7-5-8-13-20/h5-8,10-13,15-16,18,23H,3-4,17,19H2,1-2H3. The van der Waals surface area contributed by atoms with E-state index in [1.54, 1.807) is 13.0 Å². The molecule has 1 unspecified atom stereocenters. The molecule has 0 aliphatic heterocycles. The molecule has 146 valence electrons. The molecular weight excluding hydrogens is 352 g/mol. The molecule has 0 N–H and O–H groups in total. The first-order chi connectivity index (χ1) is 13.7. The number of hydrogen-bond donors (Lipinski definition) is 0. The maximum atomic E-state index is 12.0. The Hall–Kier alpha value is -3.03. The third-order valence-corrected chi connectivity index (χ3v) is 3.77. The Labute approximate surface area is 167 Å². The smallest absolute Gasteiger partial charge is 0.335 e. The van der Waals surface area contributed by atoms with Crippen molar-refractivity contribution in [3.63, 3.8) is 0 Å². The molecule has 0 aliphatic carbocycles. The van der Waals surface area contributed by atoms with Gasteiger partial charge in [-0.15, -0.1) is 0 Å². The first-order valence-corrected chi connectivity index (χ1v) is 9.44. The number of carbonyl (C=O) groups is 1. The summed E-state index contributed by atoms with van der Waals surface area (Å²) in [5, 5.41) is 0. The Bertz CT molecular complexity index is 815. The van der Waals surface area contributed by atoms with E-state index in [2.05, 4.69) is 11.8 Å². The topological polar surface area (TPSA) is 44.8 Å². The zero-order chi connectivity index (χ0) is 20.0. The van der Waals surface area contributed by atoms with Crippen LogP contribution in [0.15, 0.2) is 66.7 Å². The van der Waals surface area contributed by atoms with E-state index in [4.69, 9.17) is 14.2 Å². The zero-order valence-electron chi connectivity index (χ0n) is 16.4. The minimum absolute atomic E-state index is 0.337. The highest BCUT2D eigenvalue weighted by molar-refractivity contribution is 5.75. The lowest BCUT2D eigenvalue weighted by Gasteiger charge is -2.16. The Balaban J connectivity index is 1.87. The highest BCUT2D eigenvalue weighted by atomic mass is 16.6. The van der Waals surface area contributed by atoms with Gasteiger partial charge in [0.25, 0.3) is 0 Å². The number of carbonyl (C=O) groups excluding carboxylic acids is 1. The van der Waals surface area contributed by atoms with Crippen LogP contribution in [0.25, 0.3) is 0 Å². The molecule has 0 saturated carbocycles. The third-order valence-electron chi connectivity index (χ3n) is 3.77. The van der Waals surface area contributed by atoms with Gasteiger partial charge in [-0.2, -0.15) is 0 Å². The summed E-state index contributed by atoms with van der Waals surface area (Å²) in [6.07, 6.45) is 3.49. The van der Waals surface area contributed by atoms with Gasteiger partial charge in [0.1, 0.15) is 12.4 Å². The lowest BCUT2D eigenvalue weighted by Crippen LogP contribution is -2.29. The molecule has 0 fully saturated rings. The molecular formula is C24H26O4. The number of ether oxygens (including phenoxy) is 3. The molecule has 0 aliphatic rings.